The number of rotatable bonds is 10. The lowest BCUT2D eigenvalue weighted by Crippen LogP contribution is -2.38. The van der Waals surface area contributed by atoms with Crippen molar-refractivity contribution in [1.29, 1.82) is 0 Å². The van der Waals surface area contributed by atoms with Gasteiger partial charge >= 0.3 is 0 Å². The lowest BCUT2D eigenvalue weighted by molar-refractivity contribution is -0.114. The van der Waals surface area contributed by atoms with Gasteiger partial charge in [-0.2, -0.15) is 0 Å². The first-order valence-electron chi connectivity index (χ1n) is 10.2. The summed E-state index contributed by atoms with van der Waals surface area (Å²) in [5.74, 6) is 0.766. The Morgan fingerprint density at radius 3 is 2.18 bits per heavy atom. The van der Waals surface area contributed by atoms with E-state index in [2.05, 4.69) is 5.32 Å². The summed E-state index contributed by atoms with van der Waals surface area (Å²) in [7, 11) is -1.24. The fraction of sp³-hybridized carbons (Fsp3) is 0.208. The third-order valence-corrected chi connectivity index (χ3v) is 6.49. The molecule has 0 bridgehead atoms. The predicted octanol–water partition coefficient (Wildman–Crippen LogP) is 3.94. The lowest BCUT2D eigenvalue weighted by Gasteiger charge is -2.24. The topological polar surface area (TPSA) is 94.2 Å². The van der Waals surface area contributed by atoms with Gasteiger partial charge < -0.3 is 19.5 Å². The van der Waals surface area contributed by atoms with Gasteiger partial charge in [0.25, 0.3) is 10.0 Å². The second-order valence-electron chi connectivity index (χ2n) is 6.87. The number of amides is 1. The third-order valence-electron chi connectivity index (χ3n) is 4.72. The molecule has 174 valence electrons. The largest absolute Gasteiger partial charge is 0.494 e. The van der Waals surface area contributed by atoms with E-state index in [-0.39, 0.29) is 10.6 Å². The number of carbonyl (C=O) groups excluding carboxylic acids is 1. The summed E-state index contributed by atoms with van der Waals surface area (Å²) in [6.45, 7) is 1.90. The number of ether oxygens (including phenoxy) is 3. The lowest BCUT2D eigenvalue weighted by atomic mass is 10.3. The second kappa shape index (κ2) is 10.7. The molecule has 0 aliphatic carbocycles. The number of hydrogen-bond acceptors (Lipinski definition) is 6. The summed E-state index contributed by atoms with van der Waals surface area (Å²) < 4.78 is 44.2. The van der Waals surface area contributed by atoms with Crippen LogP contribution in [-0.2, 0) is 14.8 Å². The van der Waals surface area contributed by atoms with Crippen molar-refractivity contribution >= 4 is 27.3 Å². The van der Waals surface area contributed by atoms with Crippen LogP contribution in [0.25, 0.3) is 0 Å². The number of nitrogens with one attached hydrogen (secondary N) is 1. The molecular weight excluding hydrogens is 444 g/mol. The Labute approximate surface area is 193 Å². The zero-order valence-electron chi connectivity index (χ0n) is 18.6. The average Bonchev–Trinajstić information content (AvgIpc) is 2.83. The van der Waals surface area contributed by atoms with Crippen molar-refractivity contribution in [2.45, 2.75) is 11.8 Å². The summed E-state index contributed by atoms with van der Waals surface area (Å²) in [5, 5.41) is 2.72. The number of para-hydroxylation sites is 1. The Balaban J connectivity index is 1.98. The van der Waals surface area contributed by atoms with E-state index in [9.17, 15) is 13.2 Å². The number of sulfonamides is 1. The number of benzene rings is 3. The van der Waals surface area contributed by atoms with Gasteiger partial charge in [0.05, 0.1) is 31.4 Å². The molecule has 0 saturated carbocycles. The molecule has 9 heteroatoms. The van der Waals surface area contributed by atoms with E-state index in [1.807, 2.05) is 13.0 Å². The van der Waals surface area contributed by atoms with Crippen molar-refractivity contribution in [3.63, 3.8) is 0 Å². The fourth-order valence-electron chi connectivity index (χ4n) is 3.15. The predicted molar refractivity (Wildman–Crippen MR) is 127 cm³/mol. The maximum absolute atomic E-state index is 13.6. The highest BCUT2D eigenvalue weighted by Crippen LogP contribution is 2.32. The summed E-state index contributed by atoms with van der Waals surface area (Å²) >= 11 is 0. The minimum Gasteiger partial charge on any atom is -0.494 e. The number of methoxy groups -OCH3 is 2. The van der Waals surface area contributed by atoms with Crippen molar-refractivity contribution in [3.05, 3.63) is 72.8 Å². The molecule has 3 rings (SSSR count). The molecule has 0 atom stereocenters. The minimum atomic E-state index is -4.13. The molecule has 3 aromatic carbocycles. The first-order valence-corrected chi connectivity index (χ1v) is 11.7. The van der Waals surface area contributed by atoms with Crippen LogP contribution in [0.2, 0.25) is 0 Å². The van der Waals surface area contributed by atoms with Crippen LogP contribution in [0, 0.1) is 0 Å². The molecule has 0 spiro atoms. The number of anilines is 2. The normalized spacial score (nSPS) is 10.9. The third kappa shape index (κ3) is 5.75. The highest BCUT2D eigenvalue weighted by molar-refractivity contribution is 7.92. The van der Waals surface area contributed by atoms with Crippen molar-refractivity contribution in [1.82, 2.24) is 0 Å². The number of nitrogens with zero attached hydrogens (tertiary/aromatic N) is 1. The molecule has 1 amide bonds. The molecule has 0 fully saturated rings. The Hall–Kier alpha value is -3.72. The smallest absolute Gasteiger partial charge is 0.264 e. The van der Waals surface area contributed by atoms with Crippen LogP contribution in [0.5, 0.6) is 17.2 Å². The number of carbonyl (C=O) groups is 1. The molecule has 0 saturated heterocycles. The van der Waals surface area contributed by atoms with Gasteiger partial charge in [0, 0.05) is 11.8 Å². The van der Waals surface area contributed by atoms with Crippen LogP contribution in [0.4, 0.5) is 11.4 Å². The SMILES string of the molecule is CCOc1ccc(N(CC(=O)Nc2ccccc2)S(=O)(=O)c2ccc(OC)c(OC)c2)cc1. The molecule has 1 N–H and O–H groups in total. The van der Waals surface area contributed by atoms with Gasteiger partial charge in [0.2, 0.25) is 5.91 Å². The van der Waals surface area contributed by atoms with Crippen LogP contribution < -0.4 is 23.8 Å². The van der Waals surface area contributed by atoms with Gasteiger partial charge in [0.15, 0.2) is 11.5 Å². The zero-order chi connectivity index (χ0) is 23.8. The highest BCUT2D eigenvalue weighted by Gasteiger charge is 2.28. The Morgan fingerprint density at radius 1 is 0.909 bits per heavy atom. The minimum absolute atomic E-state index is 0.0402. The van der Waals surface area contributed by atoms with E-state index >= 15 is 0 Å². The molecule has 0 radical (unpaired) electrons. The van der Waals surface area contributed by atoms with E-state index in [4.69, 9.17) is 14.2 Å². The van der Waals surface area contributed by atoms with Gasteiger partial charge in [-0.3, -0.25) is 9.10 Å². The molecule has 0 aliphatic heterocycles. The molecule has 3 aromatic rings. The standard InChI is InChI=1S/C24H26N2O6S/c1-4-32-20-12-10-19(11-13-20)26(17-24(27)25-18-8-6-5-7-9-18)33(28,29)21-14-15-22(30-2)23(16-21)31-3/h5-16H,4,17H2,1-3H3,(H,25,27). The van der Waals surface area contributed by atoms with E-state index in [1.54, 1.807) is 48.5 Å². The van der Waals surface area contributed by atoms with Gasteiger partial charge in [0.1, 0.15) is 12.3 Å². The van der Waals surface area contributed by atoms with Crippen molar-refractivity contribution in [2.24, 2.45) is 0 Å². The zero-order valence-corrected chi connectivity index (χ0v) is 19.5. The molecule has 0 heterocycles. The number of hydrogen-bond donors (Lipinski definition) is 1. The second-order valence-corrected chi connectivity index (χ2v) is 8.73. The molecule has 8 nitrogen and oxygen atoms in total. The molecule has 33 heavy (non-hydrogen) atoms. The summed E-state index contributed by atoms with van der Waals surface area (Å²) in [4.78, 5) is 12.7. The highest BCUT2D eigenvalue weighted by atomic mass is 32.2. The maximum Gasteiger partial charge on any atom is 0.264 e. The van der Waals surface area contributed by atoms with E-state index in [0.717, 1.165) is 4.31 Å². The van der Waals surface area contributed by atoms with Crippen LogP contribution in [0.15, 0.2) is 77.7 Å². The first kappa shape index (κ1) is 23.9. The van der Waals surface area contributed by atoms with Crippen molar-refractivity contribution in [2.75, 3.05) is 37.0 Å². The average molecular weight is 471 g/mol. The van der Waals surface area contributed by atoms with Gasteiger partial charge in [-0.05, 0) is 55.5 Å². The van der Waals surface area contributed by atoms with Gasteiger partial charge in [-0.25, -0.2) is 8.42 Å². The van der Waals surface area contributed by atoms with Gasteiger partial charge in [-0.15, -0.1) is 0 Å². The molecule has 0 aliphatic rings. The van der Waals surface area contributed by atoms with E-state index < -0.39 is 22.5 Å². The fourth-order valence-corrected chi connectivity index (χ4v) is 4.58. The summed E-state index contributed by atoms with van der Waals surface area (Å²) in [6, 6.07) is 19.6. The summed E-state index contributed by atoms with van der Waals surface area (Å²) in [6.07, 6.45) is 0. The molecule has 0 unspecified atom stereocenters. The first-order chi connectivity index (χ1) is 15.9. The maximum atomic E-state index is 13.6. The van der Waals surface area contributed by atoms with E-state index in [0.29, 0.717) is 29.5 Å². The Kier molecular flexibility index (Phi) is 7.78. The molecule has 0 aromatic heterocycles. The van der Waals surface area contributed by atoms with Gasteiger partial charge in [-0.1, -0.05) is 18.2 Å². The van der Waals surface area contributed by atoms with Crippen LogP contribution in [0.1, 0.15) is 6.92 Å². The van der Waals surface area contributed by atoms with Crippen molar-refractivity contribution < 1.29 is 27.4 Å². The summed E-state index contributed by atoms with van der Waals surface area (Å²) in [5.41, 5.74) is 0.883. The quantitative estimate of drug-likeness (QED) is 0.482. The Bertz CT molecular complexity index is 1180. The molecular formula is C24H26N2O6S. The van der Waals surface area contributed by atoms with Crippen LogP contribution in [-0.4, -0.2) is 41.7 Å². The van der Waals surface area contributed by atoms with Crippen LogP contribution in [0.3, 0.4) is 0 Å². The van der Waals surface area contributed by atoms with Crippen molar-refractivity contribution in [3.8, 4) is 17.2 Å². The Morgan fingerprint density at radius 2 is 1.58 bits per heavy atom. The van der Waals surface area contributed by atoms with E-state index in [1.165, 1.54) is 32.4 Å². The monoisotopic (exact) mass is 470 g/mol. The van der Waals surface area contributed by atoms with Crippen LogP contribution >= 0.6 is 0 Å².